The Balaban J connectivity index is 1.78. The Morgan fingerprint density at radius 3 is 2.92 bits per heavy atom. The molecule has 7 heteroatoms. The third-order valence-electron chi connectivity index (χ3n) is 4.06. The standard InChI is InChI=1S/C17H22N4O3/c1-4-23-17(22)12-7-8-14(18-10-12)21-9-5-6-13(21)15-19-16(11(2)3)24-20-15/h7-8,10-11,13H,4-6,9H2,1-3H3. The van der Waals surface area contributed by atoms with E-state index in [1.807, 2.05) is 19.9 Å². The summed E-state index contributed by atoms with van der Waals surface area (Å²) in [6, 6.07) is 3.64. The summed E-state index contributed by atoms with van der Waals surface area (Å²) >= 11 is 0. The number of hydrogen-bond donors (Lipinski definition) is 0. The molecule has 128 valence electrons. The number of nitrogens with zero attached hydrogens (tertiary/aromatic N) is 4. The predicted octanol–water partition coefficient (Wildman–Crippen LogP) is 3.11. The maximum atomic E-state index is 11.7. The second-order valence-electron chi connectivity index (χ2n) is 6.12. The van der Waals surface area contributed by atoms with Crippen molar-refractivity contribution < 1.29 is 14.1 Å². The fourth-order valence-electron chi connectivity index (χ4n) is 2.82. The lowest BCUT2D eigenvalue weighted by molar-refractivity contribution is 0.0526. The third-order valence-corrected chi connectivity index (χ3v) is 4.06. The Morgan fingerprint density at radius 1 is 1.46 bits per heavy atom. The molecule has 0 aliphatic carbocycles. The van der Waals surface area contributed by atoms with Crippen molar-refractivity contribution in [1.82, 2.24) is 15.1 Å². The first-order chi connectivity index (χ1) is 11.6. The summed E-state index contributed by atoms with van der Waals surface area (Å²) in [5.41, 5.74) is 0.456. The molecule has 0 aromatic carbocycles. The van der Waals surface area contributed by atoms with Crippen LogP contribution in [0.2, 0.25) is 0 Å². The van der Waals surface area contributed by atoms with E-state index in [1.165, 1.54) is 0 Å². The molecule has 3 rings (SSSR count). The van der Waals surface area contributed by atoms with Gasteiger partial charge in [0.05, 0.1) is 18.2 Å². The highest BCUT2D eigenvalue weighted by Gasteiger charge is 2.31. The first kappa shape index (κ1) is 16.4. The van der Waals surface area contributed by atoms with Gasteiger partial charge >= 0.3 is 5.97 Å². The summed E-state index contributed by atoms with van der Waals surface area (Å²) in [6.07, 6.45) is 3.55. The number of aromatic nitrogens is 3. The van der Waals surface area contributed by atoms with Crippen LogP contribution in [-0.2, 0) is 4.74 Å². The Morgan fingerprint density at radius 2 is 2.29 bits per heavy atom. The number of pyridine rings is 1. The van der Waals surface area contributed by atoms with Gasteiger partial charge < -0.3 is 14.2 Å². The van der Waals surface area contributed by atoms with Crippen molar-refractivity contribution in [3.63, 3.8) is 0 Å². The van der Waals surface area contributed by atoms with Crippen LogP contribution in [0.1, 0.15) is 67.6 Å². The number of hydrogen-bond acceptors (Lipinski definition) is 7. The summed E-state index contributed by atoms with van der Waals surface area (Å²) in [5.74, 6) is 2.02. The van der Waals surface area contributed by atoms with Gasteiger partial charge in [-0.05, 0) is 31.9 Å². The number of rotatable bonds is 5. The van der Waals surface area contributed by atoms with Crippen LogP contribution in [0.25, 0.3) is 0 Å². The predicted molar refractivity (Wildman–Crippen MR) is 87.9 cm³/mol. The first-order valence-corrected chi connectivity index (χ1v) is 8.33. The highest BCUT2D eigenvalue weighted by Crippen LogP contribution is 2.34. The van der Waals surface area contributed by atoms with E-state index < -0.39 is 0 Å². The lowest BCUT2D eigenvalue weighted by Crippen LogP contribution is -2.24. The van der Waals surface area contributed by atoms with Gasteiger partial charge in [-0.2, -0.15) is 4.98 Å². The Kier molecular flexibility index (Phi) is 4.78. The van der Waals surface area contributed by atoms with Crippen LogP contribution < -0.4 is 4.90 Å². The zero-order valence-electron chi connectivity index (χ0n) is 14.2. The van der Waals surface area contributed by atoms with Crippen molar-refractivity contribution in [2.75, 3.05) is 18.1 Å². The van der Waals surface area contributed by atoms with E-state index in [1.54, 1.807) is 19.2 Å². The minimum atomic E-state index is -0.353. The SMILES string of the molecule is CCOC(=O)c1ccc(N2CCCC2c2noc(C(C)C)n2)nc1. The number of ether oxygens (including phenoxy) is 1. The van der Waals surface area contributed by atoms with Crippen LogP contribution in [0.3, 0.4) is 0 Å². The van der Waals surface area contributed by atoms with Gasteiger partial charge in [0.1, 0.15) is 5.82 Å². The molecule has 1 aliphatic heterocycles. The number of esters is 1. The lowest BCUT2D eigenvalue weighted by Gasteiger charge is -2.23. The van der Waals surface area contributed by atoms with Gasteiger partial charge in [0, 0.05) is 18.7 Å². The van der Waals surface area contributed by atoms with Crippen molar-refractivity contribution in [1.29, 1.82) is 0 Å². The third kappa shape index (κ3) is 3.25. The minimum absolute atomic E-state index is 0.0576. The number of anilines is 1. The zero-order valence-corrected chi connectivity index (χ0v) is 14.2. The largest absolute Gasteiger partial charge is 0.462 e. The zero-order chi connectivity index (χ0) is 17.1. The van der Waals surface area contributed by atoms with Gasteiger partial charge in [-0.25, -0.2) is 9.78 Å². The maximum Gasteiger partial charge on any atom is 0.339 e. The quantitative estimate of drug-likeness (QED) is 0.779. The molecule has 1 saturated heterocycles. The van der Waals surface area contributed by atoms with Crippen molar-refractivity contribution >= 4 is 11.8 Å². The van der Waals surface area contributed by atoms with Crippen molar-refractivity contribution in [2.45, 2.75) is 45.6 Å². The molecule has 0 radical (unpaired) electrons. The molecule has 2 aromatic heterocycles. The van der Waals surface area contributed by atoms with Gasteiger partial charge in [0.2, 0.25) is 5.89 Å². The van der Waals surface area contributed by atoms with E-state index in [0.717, 1.165) is 25.2 Å². The molecule has 0 N–H and O–H groups in total. The van der Waals surface area contributed by atoms with Crippen LogP contribution in [0, 0.1) is 0 Å². The average molecular weight is 330 g/mol. The lowest BCUT2D eigenvalue weighted by atomic mass is 10.2. The monoisotopic (exact) mass is 330 g/mol. The Bertz CT molecular complexity index is 696. The van der Waals surface area contributed by atoms with Crippen molar-refractivity contribution in [2.24, 2.45) is 0 Å². The van der Waals surface area contributed by atoms with Crippen molar-refractivity contribution in [3.8, 4) is 0 Å². The molecule has 0 saturated carbocycles. The molecule has 3 heterocycles. The molecular formula is C17H22N4O3. The second-order valence-corrected chi connectivity index (χ2v) is 6.12. The summed E-state index contributed by atoms with van der Waals surface area (Å²) in [5, 5.41) is 4.14. The highest BCUT2D eigenvalue weighted by atomic mass is 16.5. The molecule has 0 bridgehead atoms. The Hall–Kier alpha value is -2.44. The van der Waals surface area contributed by atoms with Crippen LogP contribution in [0.15, 0.2) is 22.9 Å². The van der Waals surface area contributed by atoms with Gasteiger partial charge in [-0.1, -0.05) is 19.0 Å². The summed E-state index contributed by atoms with van der Waals surface area (Å²) in [4.78, 5) is 22.8. The summed E-state index contributed by atoms with van der Waals surface area (Å²) in [6.45, 7) is 7.07. The fraction of sp³-hybridized carbons (Fsp3) is 0.529. The van der Waals surface area contributed by atoms with Gasteiger partial charge in [-0.3, -0.25) is 0 Å². The van der Waals surface area contributed by atoms with Crippen LogP contribution in [0.5, 0.6) is 0 Å². The average Bonchev–Trinajstić information content (AvgIpc) is 3.24. The maximum absolute atomic E-state index is 11.7. The van der Waals surface area contributed by atoms with Crippen LogP contribution >= 0.6 is 0 Å². The van der Waals surface area contributed by atoms with Crippen molar-refractivity contribution in [3.05, 3.63) is 35.6 Å². The molecule has 24 heavy (non-hydrogen) atoms. The van der Waals surface area contributed by atoms with Crippen LogP contribution in [-0.4, -0.2) is 34.2 Å². The molecule has 1 aliphatic rings. The molecule has 0 spiro atoms. The van der Waals surface area contributed by atoms with E-state index in [9.17, 15) is 4.79 Å². The second kappa shape index (κ2) is 6.98. The molecule has 1 atom stereocenters. The highest BCUT2D eigenvalue weighted by molar-refractivity contribution is 5.89. The fourth-order valence-corrected chi connectivity index (χ4v) is 2.82. The molecule has 1 fully saturated rings. The number of carbonyl (C=O) groups excluding carboxylic acids is 1. The molecule has 1 unspecified atom stereocenters. The van der Waals surface area contributed by atoms with Gasteiger partial charge in [-0.15, -0.1) is 0 Å². The van der Waals surface area contributed by atoms with E-state index >= 15 is 0 Å². The van der Waals surface area contributed by atoms with Gasteiger partial charge in [0.15, 0.2) is 5.82 Å². The smallest absolute Gasteiger partial charge is 0.339 e. The molecule has 2 aromatic rings. The number of carbonyl (C=O) groups is 1. The van der Waals surface area contributed by atoms with E-state index in [-0.39, 0.29) is 17.9 Å². The first-order valence-electron chi connectivity index (χ1n) is 8.33. The van der Waals surface area contributed by atoms with Crippen LogP contribution in [0.4, 0.5) is 5.82 Å². The van der Waals surface area contributed by atoms with E-state index in [4.69, 9.17) is 9.26 Å². The topological polar surface area (TPSA) is 81.4 Å². The van der Waals surface area contributed by atoms with E-state index in [2.05, 4.69) is 20.0 Å². The summed E-state index contributed by atoms with van der Waals surface area (Å²) < 4.78 is 10.3. The van der Waals surface area contributed by atoms with Gasteiger partial charge in [0.25, 0.3) is 0 Å². The normalized spacial score (nSPS) is 17.5. The molecule has 7 nitrogen and oxygen atoms in total. The minimum Gasteiger partial charge on any atom is -0.462 e. The van der Waals surface area contributed by atoms with E-state index in [0.29, 0.717) is 23.9 Å². The molecule has 0 amide bonds. The summed E-state index contributed by atoms with van der Waals surface area (Å²) in [7, 11) is 0. The molecular weight excluding hydrogens is 308 g/mol. The Labute approximate surface area is 141 Å².